The molecule has 7 heteroatoms. The molecule has 1 heterocycles. The van der Waals surface area contributed by atoms with Crippen LogP contribution in [0.5, 0.6) is 0 Å². The van der Waals surface area contributed by atoms with Crippen molar-refractivity contribution < 1.29 is 4.79 Å². The van der Waals surface area contributed by atoms with Gasteiger partial charge < -0.3 is 16.0 Å². The minimum Gasteiger partial charge on any atom is -0.356 e. The number of thiophene rings is 1. The highest BCUT2D eigenvalue weighted by atomic mass is 127. The Morgan fingerprint density at radius 1 is 1.33 bits per heavy atom. The fourth-order valence-electron chi connectivity index (χ4n) is 2.46. The van der Waals surface area contributed by atoms with E-state index in [0.717, 1.165) is 44.9 Å². The average molecular weight is 464 g/mol. The zero-order valence-electron chi connectivity index (χ0n) is 14.5. The highest BCUT2D eigenvalue weighted by Gasteiger charge is 2.24. The van der Waals surface area contributed by atoms with Crippen LogP contribution in [0.2, 0.25) is 0 Å². The van der Waals surface area contributed by atoms with E-state index in [1.165, 1.54) is 11.3 Å². The Kier molecular flexibility index (Phi) is 10.3. The summed E-state index contributed by atoms with van der Waals surface area (Å²) in [7, 11) is 1.78. The predicted molar refractivity (Wildman–Crippen MR) is 112 cm³/mol. The largest absolute Gasteiger partial charge is 0.356 e. The van der Waals surface area contributed by atoms with Crippen molar-refractivity contribution in [1.29, 1.82) is 0 Å². The summed E-state index contributed by atoms with van der Waals surface area (Å²) in [6.07, 6.45) is 4.22. The first-order valence-corrected chi connectivity index (χ1v) is 9.34. The molecule has 1 aromatic rings. The summed E-state index contributed by atoms with van der Waals surface area (Å²) < 4.78 is 0. The van der Waals surface area contributed by atoms with Gasteiger partial charge in [-0.1, -0.05) is 19.4 Å². The number of nitrogens with zero attached hydrogens (tertiary/aromatic N) is 1. The molecule has 1 aromatic heterocycles. The number of hydrogen-bond donors (Lipinski definition) is 3. The molecule has 1 atom stereocenters. The average Bonchev–Trinajstić information content (AvgIpc) is 3.02. The maximum Gasteiger partial charge on any atom is 0.223 e. The Morgan fingerprint density at radius 3 is 2.67 bits per heavy atom. The van der Waals surface area contributed by atoms with Crippen molar-refractivity contribution in [3.05, 3.63) is 22.4 Å². The molecule has 0 aromatic carbocycles. The Labute approximate surface area is 166 Å². The molecule has 1 amide bonds. The number of halogens is 1. The first-order valence-electron chi connectivity index (χ1n) is 8.46. The summed E-state index contributed by atoms with van der Waals surface area (Å²) in [5.41, 5.74) is 0. The van der Waals surface area contributed by atoms with E-state index in [9.17, 15) is 4.79 Å². The standard InChI is InChI=1S/C17H28N4OS.HI/c1-13(15-8-4-11-23-15)12-21-17(18-2)20-10-5-9-19-16(22)14-6-3-7-14;/h4,8,11,13-14H,3,5-7,9-10,12H2,1-2H3,(H,19,22)(H2,18,20,21);1H. The van der Waals surface area contributed by atoms with E-state index in [0.29, 0.717) is 5.92 Å². The van der Waals surface area contributed by atoms with E-state index >= 15 is 0 Å². The maximum atomic E-state index is 11.7. The normalized spacial score (nSPS) is 15.8. The molecule has 0 radical (unpaired) electrons. The number of carbonyl (C=O) groups excluding carboxylic acids is 1. The molecular weight excluding hydrogens is 435 g/mol. The van der Waals surface area contributed by atoms with Crippen LogP contribution in [-0.4, -0.2) is 38.5 Å². The third-order valence-corrected chi connectivity index (χ3v) is 5.35. The SMILES string of the molecule is CN=C(NCCCNC(=O)C1CCC1)NCC(C)c1cccs1.I. The van der Waals surface area contributed by atoms with Gasteiger partial charge in [-0.2, -0.15) is 0 Å². The quantitative estimate of drug-likeness (QED) is 0.240. The molecule has 1 unspecified atom stereocenters. The van der Waals surface area contributed by atoms with Gasteiger partial charge in [0.1, 0.15) is 0 Å². The first-order chi connectivity index (χ1) is 11.2. The lowest BCUT2D eigenvalue weighted by molar-refractivity contribution is -0.127. The third kappa shape index (κ3) is 6.96. The number of amides is 1. The molecule has 0 saturated heterocycles. The first kappa shape index (κ1) is 21.2. The monoisotopic (exact) mass is 464 g/mol. The Bertz CT molecular complexity index is 503. The fourth-order valence-corrected chi connectivity index (χ4v) is 3.25. The van der Waals surface area contributed by atoms with Crippen LogP contribution in [0, 0.1) is 5.92 Å². The molecule has 1 saturated carbocycles. The minimum atomic E-state index is 0. The van der Waals surface area contributed by atoms with Gasteiger partial charge in [-0.15, -0.1) is 35.3 Å². The van der Waals surface area contributed by atoms with E-state index in [-0.39, 0.29) is 35.8 Å². The summed E-state index contributed by atoms with van der Waals surface area (Å²) in [5.74, 6) is 1.79. The molecule has 5 nitrogen and oxygen atoms in total. The summed E-state index contributed by atoms with van der Waals surface area (Å²) in [5, 5.41) is 11.8. The van der Waals surface area contributed by atoms with Crippen molar-refractivity contribution in [2.24, 2.45) is 10.9 Å². The number of nitrogens with one attached hydrogen (secondary N) is 3. The molecule has 24 heavy (non-hydrogen) atoms. The second-order valence-corrected chi connectivity index (χ2v) is 7.05. The van der Waals surface area contributed by atoms with Crippen molar-refractivity contribution in [2.45, 2.75) is 38.5 Å². The molecule has 0 aliphatic heterocycles. The lowest BCUT2D eigenvalue weighted by Crippen LogP contribution is -2.40. The van der Waals surface area contributed by atoms with E-state index < -0.39 is 0 Å². The molecule has 1 aliphatic carbocycles. The summed E-state index contributed by atoms with van der Waals surface area (Å²) in [6, 6.07) is 4.25. The van der Waals surface area contributed by atoms with Crippen LogP contribution in [0.1, 0.15) is 43.4 Å². The van der Waals surface area contributed by atoms with Gasteiger partial charge in [0.2, 0.25) is 5.91 Å². The van der Waals surface area contributed by atoms with Crippen LogP contribution >= 0.6 is 35.3 Å². The summed E-state index contributed by atoms with van der Waals surface area (Å²) in [6.45, 7) is 4.60. The van der Waals surface area contributed by atoms with E-state index in [4.69, 9.17) is 0 Å². The number of guanidine groups is 1. The maximum absolute atomic E-state index is 11.7. The van der Waals surface area contributed by atoms with Gasteiger partial charge in [-0.3, -0.25) is 9.79 Å². The van der Waals surface area contributed by atoms with Gasteiger partial charge in [0, 0.05) is 43.4 Å². The predicted octanol–water partition coefficient (Wildman–Crippen LogP) is 2.94. The van der Waals surface area contributed by atoms with Crippen LogP contribution in [0.3, 0.4) is 0 Å². The molecule has 136 valence electrons. The van der Waals surface area contributed by atoms with Gasteiger partial charge in [0.15, 0.2) is 5.96 Å². The fraction of sp³-hybridized carbons (Fsp3) is 0.647. The van der Waals surface area contributed by atoms with E-state index in [1.807, 2.05) is 0 Å². The van der Waals surface area contributed by atoms with Crippen molar-refractivity contribution in [1.82, 2.24) is 16.0 Å². The Hall–Kier alpha value is -0.830. The highest BCUT2D eigenvalue weighted by Crippen LogP contribution is 2.26. The van der Waals surface area contributed by atoms with Crippen molar-refractivity contribution in [3.8, 4) is 0 Å². The van der Waals surface area contributed by atoms with Crippen LogP contribution in [-0.2, 0) is 4.79 Å². The molecule has 1 fully saturated rings. The van der Waals surface area contributed by atoms with Crippen LogP contribution in [0.4, 0.5) is 0 Å². The van der Waals surface area contributed by atoms with Crippen LogP contribution in [0.25, 0.3) is 0 Å². The van der Waals surface area contributed by atoms with E-state index in [1.54, 1.807) is 18.4 Å². The molecule has 1 aliphatic rings. The zero-order chi connectivity index (χ0) is 16.5. The van der Waals surface area contributed by atoms with Crippen LogP contribution in [0.15, 0.2) is 22.5 Å². The Balaban J connectivity index is 0.00000288. The number of rotatable bonds is 8. The number of carbonyl (C=O) groups is 1. The molecule has 3 N–H and O–H groups in total. The molecule has 2 rings (SSSR count). The molecule has 0 bridgehead atoms. The molecule has 0 spiro atoms. The molecular formula is C17H29IN4OS. The highest BCUT2D eigenvalue weighted by molar-refractivity contribution is 14.0. The van der Waals surface area contributed by atoms with Gasteiger partial charge in [-0.25, -0.2) is 0 Å². The second kappa shape index (κ2) is 11.7. The Morgan fingerprint density at radius 2 is 2.08 bits per heavy atom. The topological polar surface area (TPSA) is 65.5 Å². The number of hydrogen-bond acceptors (Lipinski definition) is 3. The van der Waals surface area contributed by atoms with Gasteiger partial charge in [0.25, 0.3) is 0 Å². The van der Waals surface area contributed by atoms with Crippen LogP contribution < -0.4 is 16.0 Å². The zero-order valence-corrected chi connectivity index (χ0v) is 17.7. The lowest BCUT2D eigenvalue weighted by Gasteiger charge is -2.24. The van der Waals surface area contributed by atoms with Crippen molar-refractivity contribution in [3.63, 3.8) is 0 Å². The summed E-state index contributed by atoms with van der Waals surface area (Å²) in [4.78, 5) is 17.3. The van der Waals surface area contributed by atoms with E-state index in [2.05, 4.69) is 45.4 Å². The van der Waals surface area contributed by atoms with Gasteiger partial charge in [0.05, 0.1) is 0 Å². The van der Waals surface area contributed by atoms with Gasteiger partial charge in [-0.05, 0) is 30.7 Å². The van der Waals surface area contributed by atoms with Crippen molar-refractivity contribution in [2.75, 3.05) is 26.7 Å². The second-order valence-electron chi connectivity index (χ2n) is 6.07. The summed E-state index contributed by atoms with van der Waals surface area (Å²) >= 11 is 1.79. The lowest BCUT2D eigenvalue weighted by atomic mass is 9.85. The van der Waals surface area contributed by atoms with Crippen molar-refractivity contribution >= 4 is 47.2 Å². The minimum absolute atomic E-state index is 0. The smallest absolute Gasteiger partial charge is 0.223 e. The number of aliphatic imine (C=N–C) groups is 1. The third-order valence-electron chi connectivity index (χ3n) is 4.25. The van der Waals surface area contributed by atoms with Gasteiger partial charge >= 0.3 is 0 Å².